The van der Waals surface area contributed by atoms with Gasteiger partial charge in [0.1, 0.15) is 5.75 Å². The van der Waals surface area contributed by atoms with Gasteiger partial charge in [0.05, 0.1) is 11.5 Å². The van der Waals surface area contributed by atoms with Gasteiger partial charge in [0.25, 0.3) is 0 Å². The lowest BCUT2D eigenvalue weighted by Gasteiger charge is -2.13. The van der Waals surface area contributed by atoms with Crippen molar-refractivity contribution in [3.63, 3.8) is 0 Å². The molecule has 0 heterocycles. The Kier molecular flexibility index (Phi) is 8.91. The van der Waals surface area contributed by atoms with Gasteiger partial charge in [-0.1, -0.05) is 18.2 Å². The third kappa shape index (κ3) is 7.37. The number of ether oxygens (including phenoxy) is 2. The summed E-state index contributed by atoms with van der Waals surface area (Å²) in [5, 5.41) is 6.42. The Morgan fingerprint density at radius 2 is 1.86 bits per heavy atom. The van der Waals surface area contributed by atoms with Gasteiger partial charge in [0.2, 0.25) is 10.0 Å². The van der Waals surface area contributed by atoms with E-state index in [9.17, 15) is 8.42 Å². The molecule has 0 aliphatic heterocycles. The first-order valence-electron chi connectivity index (χ1n) is 9.20. The maximum Gasteiger partial charge on any atom is 0.240 e. The van der Waals surface area contributed by atoms with Crippen molar-refractivity contribution in [2.75, 3.05) is 39.7 Å². The predicted octanol–water partition coefficient (Wildman–Crippen LogP) is 2.20. The van der Waals surface area contributed by atoms with E-state index in [1.54, 1.807) is 38.4 Å². The number of hydrogen-bond donors (Lipinski definition) is 3. The fourth-order valence-electron chi connectivity index (χ4n) is 2.46. The van der Waals surface area contributed by atoms with Crippen LogP contribution in [0.1, 0.15) is 12.0 Å². The van der Waals surface area contributed by atoms with Crippen molar-refractivity contribution >= 4 is 21.7 Å². The second-order valence-corrected chi connectivity index (χ2v) is 8.01. The van der Waals surface area contributed by atoms with Gasteiger partial charge in [-0.2, -0.15) is 0 Å². The summed E-state index contributed by atoms with van der Waals surface area (Å²) in [6.07, 6.45) is 0.825. The van der Waals surface area contributed by atoms with E-state index in [1.807, 2.05) is 24.3 Å². The minimum atomic E-state index is -3.43. The average Bonchev–Trinajstić information content (AvgIpc) is 2.75. The van der Waals surface area contributed by atoms with Gasteiger partial charge in [-0.25, -0.2) is 13.1 Å². The number of hydrogen-bond acceptors (Lipinski definition) is 5. The van der Waals surface area contributed by atoms with Gasteiger partial charge in [-0.3, -0.25) is 4.99 Å². The Morgan fingerprint density at radius 1 is 1.10 bits per heavy atom. The van der Waals surface area contributed by atoms with Gasteiger partial charge < -0.3 is 20.1 Å². The summed E-state index contributed by atoms with van der Waals surface area (Å²) in [4.78, 5) is 4.45. The summed E-state index contributed by atoms with van der Waals surface area (Å²) in [5.74, 6) is 1.36. The zero-order valence-corrected chi connectivity index (χ0v) is 17.8. The van der Waals surface area contributed by atoms with Gasteiger partial charge in [0.15, 0.2) is 5.96 Å². The van der Waals surface area contributed by atoms with Gasteiger partial charge in [-0.05, 0) is 36.9 Å². The Hall–Kier alpha value is -2.62. The summed E-state index contributed by atoms with van der Waals surface area (Å²) >= 11 is 0. The fourth-order valence-corrected chi connectivity index (χ4v) is 3.19. The molecule has 0 saturated carbocycles. The predicted molar refractivity (Wildman–Crippen MR) is 115 cm³/mol. The van der Waals surface area contributed by atoms with Crippen LogP contribution in [0, 0.1) is 0 Å². The SMILES string of the molecule is CN=C(NCc1ccc(S(=O)(=O)NC)cc1)Nc1cccc(OCCCOC)c1. The topological polar surface area (TPSA) is 101 Å². The quantitative estimate of drug-likeness (QED) is 0.309. The normalized spacial score (nSPS) is 11.9. The van der Waals surface area contributed by atoms with Gasteiger partial charge in [0, 0.05) is 45.5 Å². The van der Waals surface area contributed by atoms with E-state index in [1.165, 1.54) is 7.05 Å². The molecule has 3 N–H and O–H groups in total. The van der Waals surface area contributed by atoms with Crippen molar-refractivity contribution in [3.05, 3.63) is 54.1 Å². The van der Waals surface area contributed by atoms with Crippen LogP contribution in [-0.4, -0.2) is 48.8 Å². The third-order valence-electron chi connectivity index (χ3n) is 4.04. The van der Waals surface area contributed by atoms with Crippen LogP contribution in [0.3, 0.4) is 0 Å². The van der Waals surface area contributed by atoms with Crippen molar-refractivity contribution < 1.29 is 17.9 Å². The number of nitrogens with one attached hydrogen (secondary N) is 3. The highest BCUT2D eigenvalue weighted by atomic mass is 32.2. The largest absolute Gasteiger partial charge is 0.493 e. The molecule has 0 unspecified atom stereocenters. The molecule has 0 bridgehead atoms. The summed E-state index contributed by atoms with van der Waals surface area (Å²) in [7, 11) is 1.31. The van der Waals surface area contributed by atoms with Crippen molar-refractivity contribution in [2.45, 2.75) is 17.9 Å². The molecule has 0 aromatic heterocycles. The average molecular weight is 421 g/mol. The van der Waals surface area contributed by atoms with Crippen LogP contribution in [0.4, 0.5) is 5.69 Å². The second-order valence-electron chi connectivity index (χ2n) is 6.12. The van der Waals surface area contributed by atoms with E-state index in [2.05, 4.69) is 20.3 Å². The number of anilines is 1. The summed E-state index contributed by atoms with van der Waals surface area (Å²) < 4.78 is 36.6. The molecule has 0 fully saturated rings. The lowest BCUT2D eigenvalue weighted by Crippen LogP contribution is -2.30. The number of benzene rings is 2. The Labute approximate surface area is 172 Å². The van der Waals surface area contributed by atoms with Crippen LogP contribution < -0.4 is 20.1 Å². The fraction of sp³-hybridized carbons (Fsp3) is 0.350. The first-order chi connectivity index (χ1) is 14.0. The number of guanidine groups is 1. The van der Waals surface area contributed by atoms with Crippen molar-refractivity contribution in [3.8, 4) is 5.75 Å². The van der Waals surface area contributed by atoms with E-state index in [0.29, 0.717) is 25.7 Å². The lowest BCUT2D eigenvalue weighted by atomic mass is 10.2. The molecule has 2 aromatic carbocycles. The summed E-state index contributed by atoms with van der Waals surface area (Å²) in [5.41, 5.74) is 1.77. The second kappa shape index (κ2) is 11.4. The molecule has 158 valence electrons. The molecule has 29 heavy (non-hydrogen) atoms. The molecule has 8 nitrogen and oxygen atoms in total. The maximum absolute atomic E-state index is 11.8. The maximum atomic E-state index is 11.8. The van der Waals surface area contributed by atoms with Crippen LogP contribution in [0.25, 0.3) is 0 Å². The molecule has 0 spiro atoms. The third-order valence-corrected chi connectivity index (χ3v) is 5.47. The van der Waals surface area contributed by atoms with Crippen molar-refractivity contribution in [2.24, 2.45) is 4.99 Å². The van der Waals surface area contributed by atoms with Crippen LogP contribution in [0.2, 0.25) is 0 Å². The molecule has 2 rings (SSSR count). The van der Waals surface area contributed by atoms with Gasteiger partial charge >= 0.3 is 0 Å². The molecule has 0 saturated heterocycles. The monoisotopic (exact) mass is 420 g/mol. The molecular weight excluding hydrogens is 392 g/mol. The number of aliphatic imine (C=N–C) groups is 1. The standard InChI is InChI=1S/C20H28N4O4S/c1-21-20(23-15-16-8-10-19(11-9-16)29(25,26)22-2)24-17-6-4-7-18(14-17)28-13-5-12-27-3/h4,6-11,14,22H,5,12-13,15H2,1-3H3,(H2,21,23,24). The smallest absolute Gasteiger partial charge is 0.240 e. The van der Waals surface area contributed by atoms with E-state index < -0.39 is 10.0 Å². The number of sulfonamides is 1. The van der Waals surface area contributed by atoms with Crippen LogP contribution in [0.15, 0.2) is 58.4 Å². The highest BCUT2D eigenvalue weighted by molar-refractivity contribution is 7.89. The van der Waals surface area contributed by atoms with Crippen LogP contribution in [0.5, 0.6) is 5.75 Å². The lowest BCUT2D eigenvalue weighted by molar-refractivity contribution is 0.172. The number of methoxy groups -OCH3 is 1. The zero-order valence-electron chi connectivity index (χ0n) is 16.9. The minimum absolute atomic E-state index is 0.230. The molecule has 0 aliphatic rings. The van der Waals surface area contributed by atoms with E-state index in [0.717, 1.165) is 23.4 Å². The van der Waals surface area contributed by atoms with Crippen LogP contribution in [-0.2, 0) is 21.3 Å². The summed E-state index contributed by atoms with van der Waals surface area (Å²) in [6, 6.07) is 14.3. The number of nitrogens with zero attached hydrogens (tertiary/aromatic N) is 1. The summed E-state index contributed by atoms with van der Waals surface area (Å²) in [6.45, 7) is 1.74. The van der Waals surface area contributed by atoms with Gasteiger partial charge in [-0.15, -0.1) is 0 Å². The highest BCUT2D eigenvalue weighted by Crippen LogP contribution is 2.17. The van der Waals surface area contributed by atoms with Crippen molar-refractivity contribution in [1.29, 1.82) is 0 Å². The Balaban J connectivity index is 1.91. The molecular formula is C20H28N4O4S. The van der Waals surface area contributed by atoms with E-state index in [4.69, 9.17) is 9.47 Å². The molecule has 2 aromatic rings. The Bertz CT molecular complexity index is 899. The molecule has 0 aliphatic carbocycles. The minimum Gasteiger partial charge on any atom is -0.493 e. The first-order valence-corrected chi connectivity index (χ1v) is 10.7. The van der Waals surface area contributed by atoms with E-state index >= 15 is 0 Å². The molecule has 0 radical (unpaired) electrons. The zero-order chi connectivity index (χ0) is 21.1. The van der Waals surface area contributed by atoms with Crippen LogP contribution >= 0.6 is 0 Å². The highest BCUT2D eigenvalue weighted by Gasteiger charge is 2.10. The number of rotatable bonds is 10. The molecule has 0 atom stereocenters. The van der Waals surface area contributed by atoms with E-state index in [-0.39, 0.29) is 4.90 Å². The van der Waals surface area contributed by atoms with Crippen molar-refractivity contribution in [1.82, 2.24) is 10.0 Å². The Morgan fingerprint density at radius 3 is 2.52 bits per heavy atom. The first kappa shape index (κ1) is 22.7. The molecule has 9 heteroatoms. The molecule has 0 amide bonds.